The van der Waals surface area contributed by atoms with Gasteiger partial charge in [0.15, 0.2) is 5.78 Å². The summed E-state index contributed by atoms with van der Waals surface area (Å²) in [6, 6.07) is 7.98. The molecule has 1 unspecified atom stereocenters. The maximum atomic E-state index is 13.0. The molecule has 1 heterocycles. The first kappa shape index (κ1) is 23.0. The van der Waals surface area contributed by atoms with Crippen molar-refractivity contribution in [2.24, 2.45) is 0 Å². The number of ketones is 2. The number of fused-ring (bicyclic) bond motifs is 1. The second kappa shape index (κ2) is 9.35. The molecular weight excluding hydrogens is 442 g/mol. The van der Waals surface area contributed by atoms with E-state index in [2.05, 4.69) is 10.6 Å². The Morgan fingerprint density at radius 2 is 1.94 bits per heavy atom. The number of aryl methyl sites for hydroxylation is 1. The van der Waals surface area contributed by atoms with Crippen LogP contribution in [0.2, 0.25) is 5.02 Å². The number of amides is 3. The zero-order chi connectivity index (χ0) is 23.7. The van der Waals surface area contributed by atoms with Gasteiger partial charge in [0.2, 0.25) is 0 Å². The zero-order valence-electron chi connectivity index (χ0n) is 18.7. The average molecular weight is 468 g/mol. The number of rotatable bonds is 4. The Hall–Kier alpha value is -3.19. The van der Waals surface area contributed by atoms with Crippen molar-refractivity contribution in [3.05, 3.63) is 63.2 Å². The van der Waals surface area contributed by atoms with Gasteiger partial charge in [-0.3, -0.25) is 14.4 Å². The van der Waals surface area contributed by atoms with E-state index in [4.69, 9.17) is 11.6 Å². The van der Waals surface area contributed by atoms with Crippen LogP contribution in [0.4, 0.5) is 10.5 Å². The van der Waals surface area contributed by atoms with Crippen LogP contribution < -0.4 is 10.6 Å². The summed E-state index contributed by atoms with van der Waals surface area (Å²) in [5.41, 5.74) is 4.78. The molecule has 3 amide bonds. The first-order valence-corrected chi connectivity index (χ1v) is 11.4. The zero-order valence-corrected chi connectivity index (χ0v) is 19.4. The number of carbonyl (C=O) groups excluding carboxylic acids is 4. The second-order valence-electron chi connectivity index (χ2n) is 8.67. The van der Waals surface area contributed by atoms with E-state index in [0.29, 0.717) is 42.1 Å². The number of urea groups is 1. The molecule has 2 aromatic rings. The van der Waals surface area contributed by atoms with Crippen molar-refractivity contribution in [3.63, 3.8) is 0 Å². The molecule has 0 radical (unpaired) electrons. The van der Waals surface area contributed by atoms with Gasteiger partial charge in [-0.2, -0.15) is 0 Å². The van der Waals surface area contributed by atoms with Crippen molar-refractivity contribution in [3.8, 4) is 0 Å². The van der Waals surface area contributed by atoms with E-state index in [1.165, 1.54) is 0 Å². The predicted molar refractivity (Wildman–Crippen MR) is 125 cm³/mol. The third-order valence-corrected chi connectivity index (χ3v) is 6.86. The summed E-state index contributed by atoms with van der Waals surface area (Å²) in [7, 11) is 0. The molecule has 0 spiro atoms. The number of benzene rings is 2. The van der Waals surface area contributed by atoms with Gasteiger partial charge in [0.1, 0.15) is 5.78 Å². The monoisotopic (exact) mass is 467 g/mol. The summed E-state index contributed by atoms with van der Waals surface area (Å²) in [5.74, 6) is -0.400. The van der Waals surface area contributed by atoms with Crippen LogP contribution in [-0.2, 0) is 22.7 Å². The highest BCUT2D eigenvalue weighted by Crippen LogP contribution is 2.32. The molecule has 33 heavy (non-hydrogen) atoms. The van der Waals surface area contributed by atoms with Crippen LogP contribution in [0.25, 0.3) is 0 Å². The molecule has 1 fully saturated rings. The minimum atomic E-state index is -0.551. The summed E-state index contributed by atoms with van der Waals surface area (Å²) in [6.45, 7) is 4.44. The minimum Gasteiger partial charge on any atom is -0.334 e. The molecule has 1 aliphatic heterocycles. The van der Waals surface area contributed by atoms with Gasteiger partial charge in [0.25, 0.3) is 5.91 Å². The molecule has 0 saturated heterocycles. The minimum absolute atomic E-state index is 0.0533. The summed E-state index contributed by atoms with van der Waals surface area (Å²) in [5, 5.41) is 6.17. The molecular formula is C25H26ClN3O4. The van der Waals surface area contributed by atoms with E-state index in [-0.39, 0.29) is 36.5 Å². The largest absolute Gasteiger partial charge is 0.334 e. The van der Waals surface area contributed by atoms with E-state index in [1.54, 1.807) is 23.1 Å². The standard InChI is InChI=1S/C25H26ClN3O4/c1-14-6-8-17(10-21(14)26)28-25(33)27-12-16-7-9-19-20(15(16)2)13-29(24(19)32)22-5-3-4-18(30)11-23(22)31/h6-10,22H,3-5,11-13H2,1-2H3,(H2,27,28,33). The van der Waals surface area contributed by atoms with Gasteiger partial charge in [-0.05, 0) is 67.1 Å². The summed E-state index contributed by atoms with van der Waals surface area (Å²) < 4.78 is 0. The van der Waals surface area contributed by atoms with Crippen molar-refractivity contribution >= 4 is 40.8 Å². The highest BCUT2D eigenvalue weighted by molar-refractivity contribution is 6.31. The van der Waals surface area contributed by atoms with Crippen molar-refractivity contribution < 1.29 is 19.2 Å². The van der Waals surface area contributed by atoms with Gasteiger partial charge in [-0.15, -0.1) is 0 Å². The highest BCUT2D eigenvalue weighted by atomic mass is 35.5. The Bertz CT molecular complexity index is 1160. The Labute approximate surface area is 197 Å². The molecule has 172 valence electrons. The highest BCUT2D eigenvalue weighted by Gasteiger charge is 2.38. The quantitative estimate of drug-likeness (QED) is 0.517. The molecule has 1 atom stereocenters. The lowest BCUT2D eigenvalue weighted by molar-refractivity contribution is -0.128. The molecule has 4 rings (SSSR count). The average Bonchev–Trinajstić information content (AvgIpc) is 3.00. The van der Waals surface area contributed by atoms with E-state index < -0.39 is 6.04 Å². The SMILES string of the molecule is Cc1ccc(NC(=O)NCc2ccc3c(c2C)CN(C2CCCC(=O)CC2=O)C3=O)cc1Cl. The Morgan fingerprint density at radius 1 is 1.15 bits per heavy atom. The lowest BCUT2D eigenvalue weighted by Crippen LogP contribution is -2.41. The smallest absolute Gasteiger partial charge is 0.319 e. The van der Waals surface area contributed by atoms with Crippen LogP contribution in [-0.4, -0.2) is 34.4 Å². The number of nitrogens with one attached hydrogen (secondary N) is 2. The van der Waals surface area contributed by atoms with Crippen molar-refractivity contribution in [2.45, 2.75) is 58.7 Å². The Kier molecular flexibility index (Phi) is 6.51. The normalized spacial score (nSPS) is 18.2. The maximum Gasteiger partial charge on any atom is 0.319 e. The molecule has 2 aromatic carbocycles. The lowest BCUT2D eigenvalue weighted by Gasteiger charge is -2.25. The number of hydrogen-bond acceptors (Lipinski definition) is 4. The number of nitrogens with zero attached hydrogens (tertiary/aromatic N) is 1. The second-order valence-corrected chi connectivity index (χ2v) is 9.08. The van der Waals surface area contributed by atoms with Crippen LogP contribution in [0.3, 0.4) is 0 Å². The number of carbonyl (C=O) groups is 4. The number of anilines is 1. The van der Waals surface area contributed by atoms with Gasteiger partial charge < -0.3 is 15.5 Å². The first-order chi connectivity index (χ1) is 15.7. The lowest BCUT2D eigenvalue weighted by atomic mass is 9.98. The molecule has 0 bridgehead atoms. The summed E-state index contributed by atoms with van der Waals surface area (Å²) >= 11 is 6.11. The van der Waals surface area contributed by atoms with Crippen LogP contribution in [0, 0.1) is 13.8 Å². The Morgan fingerprint density at radius 3 is 2.70 bits per heavy atom. The Balaban J connectivity index is 1.44. The third kappa shape index (κ3) is 4.78. The van der Waals surface area contributed by atoms with Crippen molar-refractivity contribution in [2.75, 3.05) is 5.32 Å². The van der Waals surface area contributed by atoms with Gasteiger partial charge in [-0.1, -0.05) is 23.7 Å². The molecule has 1 aliphatic carbocycles. The molecule has 2 N–H and O–H groups in total. The molecule has 2 aliphatic rings. The van der Waals surface area contributed by atoms with E-state index in [0.717, 1.165) is 22.3 Å². The van der Waals surface area contributed by atoms with E-state index in [9.17, 15) is 19.2 Å². The van der Waals surface area contributed by atoms with E-state index in [1.807, 2.05) is 26.0 Å². The van der Waals surface area contributed by atoms with Crippen LogP contribution in [0.1, 0.15) is 58.3 Å². The summed E-state index contributed by atoms with van der Waals surface area (Å²) in [6.07, 6.45) is 1.43. The van der Waals surface area contributed by atoms with Crippen molar-refractivity contribution in [1.29, 1.82) is 0 Å². The topological polar surface area (TPSA) is 95.6 Å². The van der Waals surface area contributed by atoms with Crippen molar-refractivity contribution in [1.82, 2.24) is 10.2 Å². The van der Waals surface area contributed by atoms with Crippen LogP contribution in [0.15, 0.2) is 30.3 Å². The van der Waals surface area contributed by atoms with E-state index >= 15 is 0 Å². The number of hydrogen-bond donors (Lipinski definition) is 2. The summed E-state index contributed by atoms with van der Waals surface area (Å²) in [4.78, 5) is 51.3. The fourth-order valence-electron chi connectivity index (χ4n) is 4.45. The first-order valence-electron chi connectivity index (χ1n) is 11.0. The van der Waals surface area contributed by atoms with Gasteiger partial charge in [0, 0.05) is 35.8 Å². The predicted octanol–water partition coefficient (Wildman–Crippen LogP) is 4.32. The fraction of sp³-hybridized carbons (Fsp3) is 0.360. The maximum absolute atomic E-state index is 13.0. The molecule has 1 saturated carbocycles. The van der Waals surface area contributed by atoms with Crippen LogP contribution in [0.5, 0.6) is 0 Å². The van der Waals surface area contributed by atoms with Crippen LogP contribution >= 0.6 is 11.6 Å². The molecule has 8 heteroatoms. The number of halogens is 1. The molecule has 7 nitrogen and oxygen atoms in total. The molecule has 0 aromatic heterocycles. The van der Waals surface area contributed by atoms with Gasteiger partial charge in [-0.25, -0.2) is 4.79 Å². The fourth-order valence-corrected chi connectivity index (χ4v) is 4.64. The van der Waals surface area contributed by atoms with Gasteiger partial charge in [0.05, 0.1) is 12.5 Å². The third-order valence-electron chi connectivity index (χ3n) is 6.45. The number of Topliss-reactive ketones (excluding diaryl/α,β-unsaturated/α-hetero) is 2. The van der Waals surface area contributed by atoms with Gasteiger partial charge >= 0.3 is 6.03 Å².